The SMILES string of the molecule is O=S(=O)(CC[C@@H]1C[C@H]1C1CC1)N[C@H]1C[C@H]2CC(CO)C[C@H]21. The van der Waals surface area contributed by atoms with Gasteiger partial charge in [-0.3, -0.25) is 0 Å². The van der Waals surface area contributed by atoms with Gasteiger partial charge in [0.05, 0.1) is 5.75 Å². The molecule has 4 fully saturated rings. The van der Waals surface area contributed by atoms with E-state index in [9.17, 15) is 13.5 Å². The summed E-state index contributed by atoms with van der Waals surface area (Å²) >= 11 is 0. The van der Waals surface area contributed by atoms with Crippen molar-refractivity contribution in [1.29, 1.82) is 0 Å². The minimum absolute atomic E-state index is 0.148. The zero-order valence-electron chi connectivity index (χ0n) is 12.6. The van der Waals surface area contributed by atoms with Gasteiger partial charge in [0.2, 0.25) is 10.0 Å². The topological polar surface area (TPSA) is 66.4 Å². The van der Waals surface area contributed by atoms with Crippen LogP contribution in [0.2, 0.25) is 0 Å². The van der Waals surface area contributed by atoms with Gasteiger partial charge in [-0.15, -0.1) is 0 Å². The molecule has 0 aromatic rings. The molecule has 1 unspecified atom stereocenters. The highest BCUT2D eigenvalue weighted by Crippen LogP contribution is 2.55. The van der Waals surface area contributed by atoms with Crippen LogP contribution in [-0.4, -0.2) is 31.9 Å². The van der Waals surface area contributed by atoms with Crippen LogP contribution in [0.4, 0.5) is 0 Å². The van der Waals surface area contributed by atoms with Crippen molar-refractivity contribution in [2.24, 2.45) is 35.5 Å². The molecule has 6 atom stereocenters. The molecular weight excluding hydrogens is 286 g/mol. The Hall–Kier alpha value is -0.130. The first-order valence-electron chi connectivity index (χ1n) is 8.66. The molecule has 0 spiro atoms. The van der Waals surface area contributed by atoms with E-state index in [4.69, 9.17) is 0 Å². The second kappa shape index (κ2) is 5.20. The van der Waals surface area contributed by atoms with Crippen LogP contribution in [0.5, 0.6) is 0 Å². The summed E-state index contributed by atoms with van der Waals surface area (Å²) in [5, 5.41) is 9.24. The Morgan fingerprint density at radius 3 is 2.52 bits per heavy atom. The Bertz CT molecular complexity index is 502. The third-order valence-electron chi connectivity index (χ3n) is 6.47. The Morgan fingerprint density at radius 2 is 1.81 bits per heavy atom. The van der Waals surface area contributed by atoms with Gasteiger partial charge in [0.15, 0.2) is 0 Å². The summed E-state index contributed by atoms with van der Waals surface area (Å²) in [5.74, 6) is 4.33. The third-order valence-corrected chi connectivity index (χ3v) is 7.91. The lowest BCUT2D eigenvalue weighted by Gasteiger charge is -2.40. The number of hydrogen-bond donors (Lipinski definition) is 2. The molecule has 0 saturated heterocycles. The van der Waals surface area contributed by atoms with E-state index >= 15 is 0 Å². The molecule has 0 aliphatic heterocycles. The fraction of sp³-hybridized carbons (Fsp3) is 1.00. The van der Waals surface area contributed by atoms with E-state index in [1.165, 1.54) is 19.3 Å². The number of aliphatic hydroxyl groups excluding tert-OH is 1. The monoisotopic (exact) mass is 313 g/mol. The first-order chi connectivity index (χ1) is 10.1. The Balaban J connectivity index is 1.23. The smallest absolute Gasteiger partial charge is 0.211 e. The summed E-state index contributed by atoms with van der Waals surface area (Å²) in [5.41, 5.74) is 0. The molecular formula is C16H27NO3S. The Labute approximate surface area is 127 Å². The number of hydrogen-bond acceptors (Lipinski definition) is 3. The van der Waals surface area contributed by atoms with Crippen molar-refractivity contribution >= 4 is 10.0 Å². The largest absolute Gasteiger partial charge is 0.396 e. The Morgan fingerprint density at radius 1 is 1.00 bits per heavy atom. The van der Waals surface area contributed by atoms with Gasteiger partial charge in [-0.2, -0.15) is 0 Å². The molecule has 0 radical (unpaired) electrons. The number of fused-ring (bicyclic) bond motifs is 1. The van der Waals surface area contributed by atoms with Gasteiger partial charge in [-0.05, 0) is 80.5 Å². The summed E-state index contributed by atoms with van der Waals surface area (Å²) in [6, 6.07) is 0.148. The molecule has 0 aromatic heterocycles. The van der Waals surface area contributed by atoms with Crippen LogP contribution >= 0.6 is 0 Å². The maximum atomic E-state index is 12.2. The van der Waals surface area contributed by atoms with Crippen molar-refractivity contribution in [2.75, 3.05) is 12.4 Å². The molecule has 0 heterocycles. The molecule has 4 rings (SSSR count). The van der Waals surface area contributed by atoms with E-state index in [2.05, 4.69) is 4.72 Å². The lowest BCUT2D eigenvalue weighted by Crippen LogP contribution is -2.50. The second-order valence-electron chi connectivity index (χ2n) is 8.01. The fourth-order valence-electron chi connectivity index (χ4n) is 4.93. The zero-order valence-corrected chi connectivity index (χ0v) is 13.4. The minimum atomic E-state index is -3.10. The van der Waals surface area contributed by atoms with E-state index in [-0.39, 0.29) is 12.6 Å². The standard InChI is InChI=1S/C16H27NO3S/c18-9-10-5-13-8-16(15(13)6-10)17-21(19,20)4-3-12-7-14(12)11-1-2-11/h10-18H,1-9H2/t10?,12-,13-,14+,15-,16+/m1/s1. The molecule has 21 heavy (non-hydrogen) atoms. The predicted molar refractivity (Wildman–Crippen MR) is 81.1 cm³/mol. The summed E-state index contributed by atoms with van der Waals surface area (Å²) in [7, 11) is -3.10. The first-order valence-corrected chi connectivity index (χ1v) is 10.3. The van der Waals surface area contributed by atoms with Crippen LogP contribution in [-0.2, 0) is 10.0 Å². The van der Waals surface area contributed by atoms with E-state index in [1.807, 2.05) is 0 Å². The van der Waals surface area contributed by atoms with Gasteiger partial charge in [0, 0.05) is 12.6 Å². The molecule has 2 N–H and O–H groups in total. The van der Waals surface area contributed by atoms with Crippen LogP contribution in [0, 0.1) is 35.5 Å². The molecule has 5 heteroatoms. The molecule has 4 saturated carbocycles. The van der Waals surface area contributed by atoms with Crippen molar-refractivity contribution in [3.05, 3.63) is 0 Å². The quantitative estimate of drug-likeness (QED) is 0.752. The Kier molecular flexibility index (Phi) is 3.58. The van der Waals surface area contributed by atoms with E-state index in [0.717, 1.165) is 37.5 Å². The van der Waals surface area contributed by atoms with Crippen LogP contribution < -0.4 is 4.72 Å². The molecule has 0 aromatic carbocycles. The molecule has 120 valence electrons. The zero-order chi connectivity index (χ0) is 14.6. The first kappa shape index (κ1) is 14.5. The van der Waals surface area contributed by atoms with Crippen molar-refractivity contribution in [2.45, 2.75) is 51.0 Å². The third kappa shape index (κ3) is 3.02. The molecule has 0 amide bonds. The maximum Gasteiger partial charge on any atom is 0.211 e. The van der Waals surface area contributed by atoms with Crippen molar-refractivity contribution in [3.63, 3.8) is 0 Å². The van der Waals surface area contributed by atoms with Crippen LogP contribution in [0.25, 0.3) is 0 Å². The van der Waals surface area contributed by atoms with Gasteiger partial charge in [0.25, 0.3) is 0 Å². The average molecular weight is 313 g/mol. The lowest BCUT2D eigenvalue weighted by molar-refractivity contribution is 0.158. The lowest BCUT2D eigenvalue weighted by atomic mass is 9.72. The number of aliphatic hydroxyl groups is 1. The predicted octanol–water partition coefficient (Wildman–Crippen LogP) is 1.75. The second-order valence-corrected chi connectivity index (χ2v) is 9.88. The summed E-state index contributed by atoms with van der Waals surface area (Å²) in [4.78, 5) is 0. The summed E-state index contributed by atoms with van der Waals surface area (Å²) in [6.45, 7) is 0.261. The van der Waals surface area contributed by atoms with Crippen LogP contribution in [0.1, 0.15) is 44.9 Å². The van der Waals surface area contributed by atoms with Crippen molar-refractivity contribution in [1.82, 2.24) is 4.72 Å². The summed E-state index contributed by atoms with van der Waals surface area (Å²) in [6.07, 6.45) is 7.95. The maximum absolute atomic E-state index is 12.2. The normalized spacial score (nSPS) is 45.2. The van der Waals surface area contributed by atoms with E-state index in [0.29, 0.717) is 29.4 Å². The highest BCUT2D eigenvalue weighted by molar-refractivity contribution is 7.89. The van der Waals surface area contributed by atoms with Crippen LogP contribution in [0.3, 0.4) is 0 Å². The van der Waals surface area contributed by atoms with Gasteiger partial charge in [-0.1, -0.05) is 0 Å². The number of sulfonamides is 1. The van der Waals surface area contributed by atoms with Gasteiger partial charge in [-0.25, -0.2) is 13.1 Å². The molecule has 4 aliphatic carbocycles. The highest BCUT2D eigenvalue weighted by atomic mass is 32.2. The van der Waals surface area contributed by atoms with Gasteiger partial charge >= 0.3 is 0 Å². The van der Waals surface area contributed by atoms with E-state index < -0.39 is 10.0 Å². The molecule has 4 aliphatic rings. The minimum Gasteiger partial charge on any atom is -0.396 e. The van der Waals surface area contributed by atoms with Crippen molar-refractivity contribution < 1.29 is 13.5 Å². The van der Waals surface area contributed by atoms with Gasteiger partial charge in [0.1, 0.15) is 0 Å². The highest BCUT2D eigenvalue weighted by Gasteiger charge is 2.49. The van der Waals surface area contributed by atoms with E-state index in [1.54, 1.807) is 0 Å². The fourth-order valence-corrected chi connectivity index (χ4v) is 6.39. The molecule has 0 bridgehead atoms. The average Bonchev–Trinajstić information content (AvgIpc) is 3.31. The number of nitrogens with one attached hydrogen (secondary N) is 1. The summed E-state index contributed by atoms with van der Waals surface area (Å²) < 4.78 is 27.4. The molecule has 4 nitrogen and oxygen atoms in total. The van der Waals surface area contributed by atoms with Gasteiger partial charge < -0.3 is 5.11 Å². The number of rotatable bonds is 7. The van der Waals surface area contributed by atoms with Crippen LogP contribution in [0.15, 0.2) is 0 Å². The van der Waals surface area contributed by atoms with Crippen molar-refractivity contribution in [3.8, 4) is 0 Å².